The van der Waals surface area contributed by atoms with Gasteiger partial charge in [0.25, 0.3) is 5.69 Å². The van der Waals surface area contributed by atoms with Gasteiger partial charge in [-0.05, 0) is 35.8 Å². The van der Waals surface area contributed by atoms with Crippen molar-refractivity contribution in [2.45, 2.75) is 25.2 Å². The van der Waals surface area contributed by atoms with E-state index in [9.17, 15) is 33.4 Å². The van der Waals surface area contributed by atoms with Crippen LogP contribution in [0.4, 0.5) is 5.69 Å². The average Bonchev–Trinajstić information content (AvgIpc) is 2.82. The molecule has 0 saturated heterocycles. The zero-order valence-electron chi connectivity index (χ0n) is 19.1. The fraction of sp³-hybridized carbons (Fsp3) is 0.292. The Hall–Kier alpha value is -3.51. The van der Waals surface area contributed by atoms with E-state index in [0.29, 0.717) is 24.6 Å². The Kier molecular flexibility index (Phi) is 9.37. The topological polar surface area (TPSA) is 147 Å². The van der Waals surface area contributed by atoms with Gasteiger partial charge in [0.15, 0.2) is 5.75 Å². The van der Waals surface area contributed by atoms with Crippen molar-refractivity contribution in [1.29, 1.82) is 0 Å². The second kappa shape index (κ2) is 12.5. The molecule has 3 aromatic rings. The number of hydrogen-bond acceptors (Lipinski definition) is 9. The number of benzene rings is 3. The molecule has 12 heteroatoms. The van der Waals surface area contributed by atoms with Gasteiger partial charge in [0.1, 0.15) is 5.75 Å². The lowest BCUT2D eigenvalue weighted by molar-refractivity contribution is -0.480. The molecule has 1 unspecified atom stereocenters. The first-order chi connectivity index (χ1) is 17.1. The minimum absolute atomic E-state index is 0.0660. The molecule has 0 aromatic heterocycles. The summed E-state index contributed by atoms with van der Waals surface area (Å²) in [5, 5.41) is 22.4. The van der Waals surface area contributed by atoms with Crippen LogP contribution in [0, 0.1) is 20.2 Å². The molecular formula is C24H24N2O8S2. The van der Waals surface area contributed by atoms with Gasteiger partial charge >= 0.3 is 10.1 Å². The van der Waals surface area contributed by atoms with E-state index in [0.717, 1.165) is 22.7 Å². The van der Waals surface area contributed by atoms with Crippen LogP contribution in [-0.4, -0.2) is 41.4 Å². The van der Waals surface area contributed by atoms with Crippen LogP contribution in [-0.2, 0) is 14.9 Å². The number of nitro benzene ring substituents is 1. The van der Waals surface area contributed by atoms with E-state index >= 15 is 0 Å². The first-order valence-corrected chi connectivity index (χ1v) is 13.6. The first kappa shape index (κ1) is 27.1. The molecule has 0 bridgehead atoms. The Balaban J connectivity index is 1.58. The monoisotopic (exact) mass is 532 g/mol. The van der Waals surface area contributed by atoms with Gasteiger partial charge in [0, 0.05) is 34.6 Å². The van der Waals surface area contributed by atoms with E-state index in [1.54, 1.807) is 30.3 Å². The minimum Gasteiger partial charge on any atom is -0.381 e. The zero-order chi connectivity index (χ0) is 26.1. The minimum atomic E-state index is -4.17. The van der Waals surface area contributed by atoms with E-state index < -0.39 is 30.8 Å². The third-order valence-electron chi connectivity index (χ3n) is 5.46. The maximum atomic E-state index is 12.5. The summed E-state index contributed by atoms with van der Waals surface area (Å²) in [6.07, 6.45) is 1.20. The molecule has 0 saturated carbocycles. The highest BCUT2D eigenvalue weighted by Gasteiger charge is 2.21. The molecule has 36 heavy (non-hydrogen) atoms. The molecule has 0 N–H and O–H groups in total. The Morgan fingerprint density at radius 1 is 0.944 bits per heavy atom. The van der Waals surface area contributed by atoms with Crippen LogP contribution < -0.4 is 4.18 Å². The Morgan fingerprint density at radius 2 is 1.64 bits per heavy atom. The van der Waals surface area contributed by atoms with Crippen molar-refractivity contribution >= 4 is 43.5 Å². The van der Waals surface area contributed by atoms with Crippen molar-refractivity contribution in [3.63, 3.8) is 0 Å². The lowest BCUT2D eigenvalue weighted by Crippen LogP contribution is -2.19. The number of carbonyl (C=O) groups excluding carboxylic acids is 1. The molecule has 0 spiro atoms. The maximum Gasteiger partial charge on any atom is 0.317 e. The van der Waals surface area contributed by atoms with E-state index in [1.165, 1.54) is 18.2 Å². The van der Waals surface area contributed by atoms with E-state index in [4.69, 9.17) is 4.18 Å². The van der Waals surface area contributed by atoms with Gasteiger partial charge in [0.05, 0.1) is 4.92 Å². The zero-order valence-corrected chi connectivity index (χ0v) is 20.8. The highest BCUT2D eigenvalue weighted by Crippen LogP contribution is 2.29. The summed E-state index contributed by atoms with van der Waals surface area (Å²) in [4.78, 5) is 33.1. The second-order valence-corrected chi connectivity index (χ2v) is 10.7. The number of nitrogens with zero attached hydrogens (tertiary/aromatic N) is 2. The van der Waals surface area contributed by atoms with Crippen molar-refractivity contribution < 1.29 is 27.2 Å². The second-order valence-electron chi connectivity index (χ2n) is 8.02. The highest BCUT2D eigenvalue weighted by atomic mass is 32.2. The largest absolute Gasteiger partial charge is 0.381 e. The number of fused-ring (bicyclic) bond motifs is 1. The van der Waals surface area contributed by atoms with E-state index in [2.05, 4.69) is 0 Å². The summed E-state index contributed by atoms with van der Waals surface area (Å²) < 4.78 is 30.2. The van der Waals surface area contributed by atoms with Crippen molar-refractivity contribution in [1.82, 2.24) is 0 Å². The Labute approximate surface area is 212 Å². The number of rotatable bonds is 13. The van der Waals surface area contributed by atoms with Gasteiger partial charge in [-0.1, -0.05) is 60.3 Å². The molecule has 3 aromatic carbocycles. The van der Waals surface area contributed by atoms with Crippen molar-refractivity contribution in [3.8, 4) is 5.75 Å². The molecule has 190 valence electrons. The van der Waals surface area contributed by atoms with Gasteiger partial charge in [0.2, 0.25) is 11.7 Å². The molecule has 0 fully saturated rings. The van der Waals surface area contributed by atoms with Crippen LogP contribution in [0.2, 0.25) is 0 Å². The molecule has 0 aliphatic carbocycles. The van der Waals surface area contributed by atoms with Crippen molar-refractivity contribution in [2.24, 2.45) is 0 Å². The first-order valence-electron chi connectivity index (χ1n) is 11.1. The third kappa shape index (κ3) is 8.02. The molecule has 0 aliphatic heterocycles. The highest BCUT2D eigenvalue weighted by molar-refractivity contribution is 8.14. The van der Waals surface area contributed by atoms with Crippen LogP contribution in [0.5, 0.6) is 5.75 Å². The quantitative estimate of drug-likeness (QED) is 0.169. The predicted octanol–water partition coefficient (Wildman–Crippen LogP) is 4.95. The van der Waals surface area contributed by atoms with Gasteiger partial charge in [-0.25, -0.2) is 0 Å². The molecule has 0 radical (unpaired) electrons. The van der Waals surface area contributed by atoms with Crippen LogP contribution in [0.1, 0.15) is 30.7 Å². The molecular weight excluding hydrogens is 508 g/mol. The van der Waals surface area contributed by atoms with Crippen LogP contribution in [0.15, 0.2) is 66.7 Å². The van der Waals surface area contributed by atoms with Crippen molar-refractivity contribution in [2.75, 3.05) is 18.1 Å². The Bertz CT molecular complexity index is 1340. The van der Waals surface area contributed by atoms with E-state index in [1.807, 2.05) is 18.2 Å². The lowest BCUT2D eigenvalue weighted by atomic mass is 9.92. The number of carbonyl (C=O) groups is 1. The molecule has 0 heterocycles. The molecule has 3 rings (SSSR count). The number of thioether (sulfide) groups is 1. The molecule has 0 amide bonds. The smallest absolute Gasteiger partial charge is 0.317 e. The average molecular weight is 533 g/mol. The normalized spacial score (nSPS) is 12.2. The van der Waals surface area contributed by atoms with Gasteiger partial charge in [-0.3, -0.25) is 25.0 Å². The van der Waals surface area contributed by atoms with Crippen molar-refractivity contribution in [3.05, 3.63) is 92.5 Å². The number of nitro groups is 2. The van der Waals surface area contributed by atoms with Gasteiger partial charge in [-0.15, -0.1) is 0 Å². The summed E-state index contributed by atoms with van der Waals surface area (Å²) in [7, 11) is -4.17. The molecule has 0 aliphatic rings. The fourth-order valence-electron chi connectivity index (χ4n) is 3.75. The number of non-ortho nitro benzene ring substituents is 1. The lowest BCUT2D eigenvalue weighted by Gasteiger charge is -2.16. The predicted molar refractivity (Wildman–Crippen MR) is 137 cm³/mol. The van der Waals surface area contributed by atoms with Crippen LogP contribution in [0.3, 0.4) is 0 Å². The Morgan fingerprint density at radius 3 is 2.33 bits per heavy atom. The summed E-state index contributed by atoms with van der Waals surface area (Å²) in [6, 6.07) is 18.1. The van der Waals surface area contributed by atoms with Gasteiger partial charge < -0.3 is 4.18 Å². The van der Waals surface area contributed by atoms with Gasteiger partial charge in [-0.2, -0.15) is 8.42 Å². The maximum absolute atomic E-state index is 12.5. The van der Waals surface area contributed by atoms with Crippen LogP contribution in [0.25, 0.3) is 10.8 Å². The SMILES string of the molecule is O=C(CS(=O)(=O)Oc1cccc2ccccc12)SCCC(CCC[N+](=O)[O-])c1ccc([N+](=O)[O-])cc1. The third-order valence-corrected chi connectivity index (χ3v) is 7.60. The molecule has 1 atom stereocenters. The van der Waals surface area contributed by atoms with Crippen LogP contribution >= 0.6 is 11.8 Å². The summed E-state index contributed by atoms with van der Waals surface area (Å²) in [5.41, 5.74) is 0.702. The number of hydrogen-bond donors (Lipinski definition) is 0. The standard InChI is InChI=1S/C24H24N2O8S2/c27-24(17-36(32,33)34-23-9-3-6-20-5-1-2-8-22(20)23)35-16-14-18(7-4-15-25(28)29)19-10-12-21(13-11-19)26(30)31/h1-3,5-6,8-13,18H,4,7,14-17H2. The molecule has 10 nitrogen and oxygen atoms in total. The fourth-order valence-corrected chi connectivity index (χ4v) is 5.91. The summed E-state index contributed by atoms with van der Waals surface area (Å²) in [5.74, 6) is -0.544. The van der Waals surface area contributed by atoms with E-state index in [-0.39, 0.29) is 29.7 Å². The summed E-state index contributed by atoms with van der Waals surface area (Å²) >= 11 is 0.848. The summed E-state index contributed by atoms with van der Waals surface area (Å²) in [6.45, 7) is -0.209.